The van der Waals surface area contributed by atoms with Crippen LogP contribution in [0.5, 0.6) is 5.75 Å². The van der Waals surface area contributed by atoms with E-state index in [1.807, 2.05) is 12.1 Å². The van der Waals surface area contributed by atoms with Crippen molar-refractivity contribution in [2.24, 2.45) is 11.7 Å². The molecule has 0 aliphatic heterocycles. The monoisotopic (exact) mass is 251 g/mol. The zero-order valence-electron chi connectivity index (χ0n) is 9.92. The first-order valence-electron chi connectivity index (χ1n) is 6.38. The van der Waals surface area contributed by atoms with Gasteiger partial charge < -0.3 is 10.5 Å². The predicted molar refractivity (Wildman–Crippen MR) is 69.4 cm³/mol. The fraction of sp³-hybridized carbons (Fsp3) is 0.571. The number of nitrogens with two attached hydrogens (primary N) is 1. The molecular formula is C14H18ClNO. The van der Waals surface area contributed by atoms with E-state index in [0.29, 0.717) is 0 Å². The van der Waals surface area contributed by atoms with Gasteiger partial charge in [0, 0.05) is 10.6 Å². The van der Waals surface area contributed by atoms with E-state index in [4.69, 9.17) is 22.1 Å². The molecule has 2 fully saturated rings. The highest BCUT2D eigenvalue weighted by atomic mass is 35.5. The van der Waals surface area contributed by atoms with Gasteiger partial charge >= 0.3 is 0 Å². The highest BCUT2D eigenvalue weighted by Gasteiger charge is 2.34. The average molecular weight is 252 g/mol. The zero-order valence-corrected chi connectivity index (χ0v) is 10.7. The number of hydrogen-bond acceptors (Lipinski definition) is 2. The number of benzene rings is 1. The number of hydrogen-bond donors (Lipinski definition) is 1. The Morgan fingerprint density at radius 1 is 1.29 bits per heavy atom. The lowest BCUT2D eigenvalue weighted by Crippen LogP contribution is -2.43. The molecule has 2 aliphatic rings. The molecule has 1 aromatic carbocycles. The molecule has 3 heteroatoms. The van der Waals surface area contributed by atoms with Gasteiger partial charge in [0.25, 0.3) is 0 Å². The molecule has 0 aromatic heterocycles. The van der Waals surface area contributed by atoms with Gasteiger partial charge in [-0.3, -0.25) is 0 Å². The molecule has 1 aromatic rings. The van der Waals surface area contributed by atoms with Gasteiger partial charge in [0.05, 0.1) is 6.61 Å². The van der Waals surface area contributed by atoms with Crippen molar-refractivity contribution in [1.29, 1.82) is 0 Å². The summed E-state index contributed by atoms with van der Waals surface area (Å²) in [5.41, 5.74) is 7.28. The molecule has 0 unspecified atom stereocenters. The van der Waals surface area contributed by atoms with Crippen molar-refractivity contribution in [3.8, 4) is 5.75 Å². The second kappa shape index (κ2) is 4.18. The number of rotatable bonds is 4. The first-order valence-corrected chi connectivity index (χ1v) is 6.76. The summed E-state index contributed by atoms with van der Waals surface area (Å²) >= 11 is 6.13. The molecule has 0 radical (unpaired) electrons. The molecule has 2 N–H and O–H groups in total. The van der Waals surface area contributed by atoms with Crippen molar-refractivity contribution >= 4 is 11.6 Å². The average Bonchev–Trinajstić information content (AvgIpc) is 3.06. The molecule has 2 nitrogen and oxygen atoms in total. The smallest absolute Gasteiger partial charge is 0.121 e. The maximum Gasteiger partial charge on any atom is 0.121 e. The van der Waals surface area contributed by atoms with Crippen molar-refractivity contribution in [2.75, 3.05) is 6.61 Å². The third-order valence-corrected chi connectivity index (χ3v) is 4.09. The van der Waals surface area contributed by atoms with Gasteiger partial charge in [-0.2, -0.15) is 0 Å². The normalized spacial score (nSPS) is 22.0. The first-order chi connectivity index (χ1) is 8.16. The molecule has 0 amide bonds. The Bertz CT molecular complexity index is 424. The number of ether oxygens (including phenoxy) is 1. The summed E-state index contributed by atoms with van der Waals surface area (Å²) in [6, 6.07) is 5.92. The largest absolute Gasteiger partial charge is 0.493 e. The van der Waals surface area contributed by atoms with Gasteiger partial charge in [-0.25, -0.2) is 0 Å². The van der Waals surface area contributed by atoms with Crippen molar-refractivity contribution in [1.82, 2.24) is 0 Å². The van der Waals surface area contributed by atoms with Gasteiger partial charge in [-0.1, -0.05) is 11.6 Å². The van der Waals surface area contributed by atoms with E-state index in [1.165, 1.54) is 19.3 Å². The molecule has 17 heavy (non-hydrogen) atoms. The van der Waals surface area contributed by atoms with Crippen LogP contribution in [0.4, 0.5) is 0 Å². The SMILES string of the molecule is NC1(c2cc(Cl)cc(OCC3CC3)c2)CCC1. The van der Waals surface area contributed by atoms with Crippen LogP contribution in [0.25, 0.3) is 0 Å². The van der Waals surface area contributed by atoms with Crippen molar-refractivity contribution in [2.45, 2.75) is 37.6 Å². The van der Waals surface area contributed by atoms with Crippen LogP contribution in [-0.4, -0.2) is 6.61 Å². The van der Waals surface area contributed by atoms with Crippen LogP contribution in [0.1, 0.15) is 37.7 Å². The Hall–Kier alpha value is -0.730. The summed E-state index contributed by atoms with van der Waals surface area (Å²) in [4.78, 5) is 0. The van der Waals surface area contributed by atoms with Crippen LogP contribution in [0, 0.1) is 5.92 Å². The fourth-order valence-electron chi connectivity index (χ4n) is 2.28. The third kappa shape index (κ3) is 2.43. The van der Waals surface area contributed by atoms with Crippen molar-refractivity contribution < 1.29 is 4.74 Å². The lowest BCUT2D eigenvalue weighted by molar-refractivity contribution is 0.250. The summed E-state index contributed by atoms with van der Waals surface area (Å²) in [5.74, 6) is 1.63. The van der Waals surface area contributed by atoms with Gasteiger partial charge in [0.1, 0.15) is 5.75 Å². The molecule has 2 saturated carbocycles. The number of halogens is 1. The first kappa shape index (κ1) is 11.4. The topological polar surface area (TPSA) is 35.2 Å². The Morgan fingerprint density at radius 3 is 2.65 bits per heavy atom. The van der Waals surface area contributed by atoms with Crippen molar-refractivity contribution in [3.63, 3.8) is 0 Å². The van der Waals surface area contributed by atoms with Crippen LogP contribution in [0.3, 0.4) is 0 Å². The Kier molecular flexibility index (Phi) is 2.80. The summed E-state index contributed by atoms with van der Waals surface area (Å²) in [6.45, 7) is 0.817. The second-order valence-corrected chi connectivity index (χ2v) is 5.88. The molecule has 0 atom stereocenters. The van der Waals surface area contributed by atoms with Crippen LogP contribution in [0.2, 0.25) is 5.02 Å². The quantitative estimate of drug-likeness (QED) is 0.889. The standard InChI is InChI=1S/C14H18ClNO/c15-12-6-11(14(16)4-1-5-14)7-13(8-12)17-9-10-2-3-10/h6-8,10H,1-5,9,16H2. The molecule has 92 valence electrons. The third-order valence-electron chi connectivity index (χ3n) is 3.87. The van der Waals surface area contributed by atoms with E-state index >= 15 is 0 Å². The summed E-state index contributed by atoms with van der Waals surface area (Å²) in [7, 11) is 0. The van der Waals surface area contributed by atoms with E-state index in [1.54, 1.807) is 0 Å². The zero-order chi connectivity index (χ0) is 11.9. The van der Waals surface area contributed by atoms with Crippen LogP contribution in [0.15, 0.2) is 18.2 Å². The van der Waals surface area contributed by atoms with Crippen molar-refractivity contribution in [3.05, 3.63) is 28.8 Å². The second-order valence-electron chi connectivity index (χ2n) is 5.44. The van der Waals surface area contributed by atoms with Crippen LogP contribution in [-0.2, 0) is 5.54 Å². The van der Waals surface area contributed by atoms with Crippen LogP contribution >= 0.6 is 11.6 Å². The molecule has 0 saturated heterocycles. The maximum atomic E-state index is 6.32. The molecule has 2 aliphatic carbocycles. The van der Waals surface area contributed by atoms with Gasteiger partial charge in [-0.15, -0.1) is 0 Å². The van der Waals surface area contributed by atoms with E-state index in [0.717, 1.165) is 41.7 Å². The minimum Gasteiger partial charge on any atom is -0.493 e. The summed E-state index contributed by atoms with van der Waals surface area (Å²) in [6.07, 6.45) is 5.91. The van der Waals surface area contributed by atoms with E-state index in [2.05, 4.69) is 6.07 Å². The molecule has 0 bridgehead atoms. The molecule has 0 spiro atoms. The molecular weight excluding hydrogens is 234 g/mol. The maximum absolute atomic E-state index is 6.32. The Balaban J connectivity index is 1.78. The summed E-state index contributed by atoms with van der Waals surface area (Å²) in [5, 5.41) is 0.727. The van der Waals surface area contributed by atoms with E-state index < -0.39 is 0 Å². The highest BCUT2D eigenvalue weighted by Crippen LogP contribution is 2.41. The highest BCUT2D eigenvalue weighted by molar-refractivity contribution is 6.30. The molecule has 3 rings (SSSR count). The van der Waals surface area contributed by atoms with Gasteiger partial charge in [0.15, 0.2) is 0 Å². The lowest BCUT2D eigenvalue weighted by Gasteiger charge is -2.38. The van der Waals surface area contributed by atoms with E-state index in [9.17, 15) is 0 Å². The predicted octanol–water partition coefficient (Wildman–Crippen LogP) is 3.47. The van der Waals surface area contributed by atoms with Gasteiger partial charge in [-0.05, 0) is 61.8 Å². The van der Waals surface area contributed by atoms with E-state index in [-0.39, 0.29) is 5.54 Å². The Morgan fingerprint density at radius 2 is 2.06 bits per heavy atom. The van der Waals surface area contributed by atoms with Gasteiger partial charge in [0.2, 0.25) is 0 Å². The van der Waals surface area contributed by atoms with Crippen LogP contribution < -0.4 is 10.5 Å². The summed E-state index contributed by atoms with van der Waals surface area (Å²) < 4.78 is 5.78. The minimum absolute atomic E-state index is 0.164. The minimum atomic E-state index is -0.164. The fourth-order valence-corrected chi connectivity index (χ4v) is 2.50. The molecule has 0 heterocycles. The lowest BCUT2D eigenvalue weighted by atomic mass is 9.73. The Labute approximate surface area is 107 Å².